The van der Waals surface area contributed by atoms with E-state index in [2.05, 4.69) is 25.1 Å². The molecular formula is C25H28N4O3. The van der Waals surface area contributed by atoms with Crippen molar-refractivity contribution in [2.45, 2.75) is 70.2 Å². The Morgan fingerprint density at radius 2 is 1.81 bits per heavy atom. The molecule has 4 unspecified atom stereocenters. The van der Waals surface area contributed by atoms with Gasteiger partial charge in [0.25, 0.3) is 0 Å². The smallest absolute Gasteiger partial charge is 0.217 e. The molecule has 166 valence electrons. The Balaban J connectivity index is 1.67. The fraction of sp³-hybridized carbons (Fsp3) is 0.600. The summed E-state index contributed by atoms with van der Waals surface area (Å²) in [4.78, 5) is 0. The second-order valence-corrected chi connectivity index (χ2v) is 8.97. The van der Waals surface area contributed by atoms with Crippen LogP contribution in [0.3, 0.4) is 0 Å². The van der Waals surface area contributed by atoms with Crippen molar-refractivity contribution >= 4 is 5.90 Å². The number of hydrogen-bond acceptors (Lipinski definition) is 7. The first-order valence-corrected chi connectivity index (χ1v) is 11.5. The van der Waals surface area contributed by atoms with Gasteiger partial charge in [-0.05, 0) is 37.0 Å². The quantitative estimate of drug-likeness (QED) is 0.594. The molecule has 32 heavy (non-hydrogen) atoms. The van der Waals surface area contributed by atoms with Gasteiger partial charge in [0.15, 0.2) is 5.41 Å². The van der Waals surface area contributed by atoms with Crippen LogP contribution in [0.15, 0.2) is 24.3 Å². The topological polar surface area (TPSA) is 123 Å². The van der Waals surface area contributed by atoms with Crippen molar-refractivity contribution in [3.8, 4) is 24.0 Å². The van der Waals surface area contributed by atoms with Crippen molar-refractivity contribution in [1.29, 1.82) is 21.2 Å². The highest BCUT2D eigenvalue weighted by atomic mass is 16.7. The first-order chi connectivity index (χ1) is 15.5. The Morgan fingerprint density at radius 1 is 1.06 bits per heavy atom. The summed E-state index contributed by atoms with van der Waals surface area (Å²) >= 11 is 0. The molecule has 3 aliphatic rings. The van der Waals surface area contributed by atoms with Gasteiger partial charge in [0.05, 0.1) is 30.7 Å². The molecular weight excluding hydrogens is 404 g/mol. The van der Waals surface area contributed by atoms with Crippen LogP contribution >= 0.6 is 0 Å². The standard InChI is InChI=1S/C25H28N4O3/c1-2-3-4-7-14-30-19-11-9-18(10-12-19)21-23(15-26,16-27)24(17-28)20-8-5-6-13-25(20,31-21)32-22(24)29/h9-12,20-21,29H,2-8,13-14H2,1H3. The molecule has 1 N–H and O–H groups in total. The highest BCUT2D eigenvalue weighted by Crippen LogP contribution is 2.69. The number of hydrogen-bond donors (Lipinski definition) is 1. The van der Waals surface area contributed by atoms with E-state index in [-0.39, 0.29) is 5.90 Å². The molecule has 1 aromatic carbocycles. The Labute approximate surface area is 189 Å². The van der Waals surface area contributed by atoms with E-state index in [1.54, 1.807) is 24.3 Å². The number of nitrogens with zero attached hydrogens (tertiary/aromatic N) is 3. The second kappa shape index (κ2) is 8.45. The Kier molecular flexibility index (Phi) is 5.85. The van der Waals surface area contributed by atoms with Crippen LogP contribution in [-0.4, -0.2) is 18.3 Å². The lowest BCUT2D eigenvalue weighted by Crippen LogP contribution is -2.60. The first-order valence-electron chi connectivity index (χ1n) is 11.5. The van der Waals surface area contributed by atoms with Crippen LogP contribution < -0.4 is 4.74 Å². The summed E-state index contributed by atoms with van der Waals surface area (Å²) in [7, 11) is 0. The maximum absolute atomic E-state index is 10.3. The lowest BCUT2D eigenvalue weighted by molar-refractivity contribution is -0.294. The maximum Gasteiger partial charge on any atom is 0.217 e. The Morgan fingerprint density at radius 3 is 2.47 bits per heavy atom. The third-order valence-electron chi connectivity index (χ3n) is 7.27. The van der Waals surface area contributed by atoms with Gasteiger partial charge in [-0.2, -0.15) is 15.8 Å². The van der Waals surface area contributed by atoms with E-state index in [9.17, 15) is 15.8 Å². The first kappa shape index (κ1) is 22.1. The molecule has 2 heterocycles. The molecule has 1 aromatic rings. The number of ether oxygens (including phenoxy) is 3. The van der Waals surface area contributed by atoms with Crippen LogP contribution in [0.1, 0.15) is 70.0 Å². The molecule has 7 nitrogen and oxygen atoms in total. The summed E-state index contributed by atoms with van der Waals surface area (Å²) in [5.74, 6) is -1.26. The van der Waals surface area contributed by atoms with Crippen molar-refractivity contribution < 1.29 is 14.2 Å². The average molecular weight is 433 g/mol. The van der Waals surface area contributed by atoms with Gasteiger partial charge in [0.1, 0.15) is 11.9 Å². The minimum atomic E-state index is -1.89. The SMILES string of the molecule is CCCCCCOc1ccc(C2OC34CCCCC3C(C#N)(C(=N)O4)C2(C#N)C#N)cc1. The molecule has 2 saturated heterocycles. The van der Waals surface area contributed by atoms with Gasteiger partial charge in [0.2, 0.25) is 17.1 Å². The van der Waals surface area contributed by atoms with Crippen molar-refractivity contribution in [1.82, 2.24) is 0 Å². The van der Waals surface area contributed by atoms with E-state index in [1.165, 1.54) is 12.8 Å². The van der Waals surface area contributed by atoms with Crippen molar-refractivity contribution in [2.24, 2.45) is 16.7 Å². The number of nitriles is 3. The summed E-state index contributed by atoms with van der Waals surface area (Å²) in [6.45, 7) is 2.80. The minimum Gasteiger partial charge on any atom is -0.494 e. The zero-order chi connectivity index (χ0) is 22.8. The Hall–Kier alpha value is -3.08. The second-order valence-electron chi connectivity index (χ2n) is 8.97. The Bertz CT molecular complexity index is 988. The number of rotatable bonds is 7. The average Bonchev–Trinajstić information content (AvgIpc) is 3.03. The van der Waals surface area contributed by atoms with Crippen LogP contribution in [0.5, 0.6) is 5.75 Å². The molecule has 0 spiro atoms. The predicted octanol–water partition coefficient (Wildman–Crippen LogP) is 5.15. The monoisotopic (exact) mass is 432 g/mol. The summed E-state index contributed by atoms with van der Waals surface area (Å²) in [6, 6.07) is 13.6. The molecule has 1 aliphatic carbocycles. The lowest BCUT2D eigenvalue weighted by Gasteiger charge is -2.51. The number of nitrogens with one attached hydrogen (secondary N) is 1. The van der Waals surface area contributed by atoms with Gasteiger partial charge in [-0.15, -0.1) is 0 Å². The molecule has 0 radical (unpaired) electrons. The van der Waals surface area contributed by atoms with Crippen LogP contribution in [0.4, 0.5) is 0 Å². The molecule has 0 aromatic heterocycles. The molecule has 2 bridgehead atoms. The molecule has 2 aliphatic heterocycles. The molecule has 4 atom stereocenters. The third-order valence-corrected chi connectivity index (χ3v) is 7.27. The van der Waals surface area contributed by atoms with E-state index in [1.807, 2.05) is 0 Å². The largest absolute Gasteiger partial charge is 0.494 e. The highest BCUT2D eigenvalue weighted by molar-refractivity contribution is 5.89. The van der Waals surface area contributed by atoms with Gasteiger partial charge >= 0.3 is 0 Å². The van der Waals surface area contributed by atoms with E-state index in [4.69, 9.17) is 19.6 Å². The zero-order valence-electron chi connectivity index (χ0n) is 18.4. The molecule has 1 saturated carbocycles. The van der Waals surface area contributed by atoms with Crippen LogP contribution in [0.25, 0.3) is 0 Å². The van der Waals surface area contributed by atoms with Crippen molar-refractivity contribution in [2.75, 3.05) is 6.61 Å². The van der Waals surface area contributed by atoms with E-state index < -0.39 is 28.6 Å². The molecule has 3 fully saturated rings. The normalized spacial score (nSPS) is 32.0. The fourth-order valence-corrected chi connectivity index (χ4v) is 5.62. The summed E-state index contributed by atoms with van der Waals surface area (Å²) < 4.78 is 18.1. The van der Waals surface area contributed by atoms with Gasteiger partial charge in [-0.3, -0.25) is 5.41 Å². The van der Waals surface area contributed by atoms with Gasteiger partial charge in [-0.25, -0.2) is 0 Å². The van der Waals surface area contributed by atoms with E-state index in [0.29, 0.717) is 30.8 Å². The van der Waals surface area contributed by atoms with Crippen molar-refractivity contribution in [3.63, 3.8) is 0 Å². The molecule has 7 heteroatoms. The lowest BCUT2D eigenvalue weighted by atomic mass is 9.51. The van der Waals surface area contributed by atoms with Gasteiger partial charge in [0, 0.05) is 6.42 Å². The van der Waals surface area contributed by atoms with Gasteiger partial charge < -0.3 is 14.2 Å². The predicted molar refractivity (Wildman–Crippen MR) is 115 cm³/mol. The minimum absolute atomic E-state index is 0.315. The molecule has 0 amide bonds. The zero-order valence-corrected chi connectivity index (χ0v) is 18.4. The van der Waals surface area contributed by atoms with Gasteiger partial charge in [-0.1, -0.05) is 44.7 Å². The van der Waals surface area contributed by atoms with E-state index >= 15 is 0 Å². The third kappa shape index (κ3) is 2.98. The maximum atomic E-state index is 10.3. The summed E-state index contributed by atoms with van der Waals surface area (Å²) in [5, 5.41) is 39.3. The highest BCUT2D eigenvalue weighted by Gasteiger charge is 2.80. The summed E-state index contributed by atoms with van der Waals surface area (Å²) in [5.41, 5.74) is -2.94. The number of unbranched alkanes of at least 4 members (excludes halogenated alkanes) is 3. The fourth-order valence-electron chi connectivity index (χ4n) is 5.62. The van der Waals surface area contributed by atoms with E-state index in [0.717, 1.165) is 25.7 Å². The van der Waals surface area contributed by atoms with Crippen LogP contribution in [0, 0.1) is 56.2 Å². The van der Waals surface area contributed by atoms with Crippen molar-refractivity contribution in [3.05, 3.63) is 29.8 Å². The molecule has 4 rings (SSSR count). The summed E-state index contributed by atoms with van der Waals surface area (Å²) in [6.07, 6.45) is 6.27. The van der Waals surface area contributed by atoms with Crippen LogP contribution in [-0.2, 0) is 9.47 Å². The number of benzene rings is 1. The van der Waals surface area contributed by atoms with Crippen LogP contribution in [0.2, 0.25) is 0 Å².